The van der Waals surface area contributed by atoms with Crippen molar-refractivity contribution in [3.63, 3.8) is 0 Å². The summed E-state index contributed by atoms with van der Waals surface area (Å²) >= 11 is 12.3. The van der Waals surface area contributed by atoms with E-state index in [1.165, 1.54) is 12.8 Å². The maximum absolute atomic E-state index is 6.24. The fraction of sp³-hybridized carbons (Fsp3) is 0.417. The summed E-state index contributed by atoms with van der Waals surface area (Å²) in [6.45, 7) is 0. The van der Waals surface area contributed by atoms with Crippen LogP contribution in [0.3, 0.4) is 0 Å². The van der Waals surface area contributed by atoms with Gasteiger partial charge in [-0.15, -0.1) is 5.10 Å². The Morgan fingerprint density at radius 1 is 1.21 bits per heavy atom. The van der Waals surface area contributed by atoms with Crippen LogP contribution in [-0.4, -0.2) is 20.2 Å². The summed E-state index contributed by atoms with van der Waals surface area (Å²) in [5.74, 6) is 0.631. The molecule has 3 rings (SSSR count). The third-order valence-electron chi connectivity index (χ3n) is 3.45. The van der Waals surface area contributed by atoms with Crippen LogP contribution in [0.2, 0.25) is 10.0 Å². The van der Waals surface area contributed by atoms with E-state index in [-0.39, 0.29) is 0 Å². The second-order valence-electron chi connectivity index (χ2n) is 4.75. The van der Waals surface area contributed by atoms with E-state index in [9.17, 15) is 0 Å². The number of tetrazole rings is 1. The molecule has 1 heterocycles. The van der Waals surface area contributed by atoms with E-state index in [4.69, 9.17) is 28.9 Å². The van der Waals surface area contributed by atoms with Crippen molar-refractivity contribution >= 4 is 28.9 Å². The molecule has 5 nitrogen and oxygen atoms in total. The van der Waals surface area contributed by atoms with E-state index >= 15 is 0 Å². The van der Waals surface area contributed by atoms with Crippen LogP contribution in [0, 0.1) is 0 Å². The van der Waals surface area contributed by atoms with E-state index in [2.05, 4.69) is 15.5 Å². The van der Waals surface area contributed by atoms with Crippen LogP contribution in [-0.2, 0) is 0 Å². The molecule has 2 aromatic rings. The van der Waals surface area contributed by atoms with Gasteiger partial charge in [-0.1, -0.05) is 36.0 Å². The molecular weight excluding hydrogens is 285 g/mol. The van der Waals surface area contributed by atoms with E-state index in [0.29, 0.717) is 33.2 Å². The minimum Gasteiger partial charge on any atom is -0.399 e. The molecule has 1 aromatic carbocycles. The van der Waals surface area contributed by atoms with Gasteiger partial charge in [0.05, 0.1) is 16.1 Å². The van der Waals surface area contributed by atoms with Crippen LogP contribution in [0.25, 0.3) is 11.4 Å². The van der Waals surface area contributed by atoms with E-state index in [1.54, 1.807) is 12.1 Å². The lowest BCUT2D eigenvalue weighted by molar-refractivity contribution is 0.458. The first kappa shape index (κ1) is 12.7. The average molecular weight is 298 g/mol. The molecule has 1 aliphatic carbocycles. The quantitative estimate of drug-likeness (QED) is 0.863. The van der Waals surface area contributed by atoms with Gasteiger partial charge >= 0.3 is 0 Å². The highest BCUT2D eigenvalue weighted by Gasteiger charge is 2.23. The third-order valence-corrected chi connectivity index (χ3v) is 4.26. The molecule has 0 amide bonds. The molecule has 1 aliphatic rings. The van der Waals surface area contributed by atoms with Gasteiger partial charge < -0.3 is 5.73 Å². The number of hydrogen-bond donors (Lipinski definition) is 1. The molecule has 0 atom stereocenters. The lowest BCUT2D eigenvalue weighted by Crippen LogP contribution is -2.09. The topological polar surface area (TPSA) is 69.6 Å². The molecule has 0 aliphatic heterocycles. The summed E-state index contributed by atoms with van der Waals surface area (Å²) in [4.78, 5) is 0. The minimum absolute atomic E-state index is 0.335. The summed E-state index contributed by atoms with van der Waals surface area (Å²) < 4.78 is 1.84. The number of nitrogens with zero attached hydrogens (tertiary/aromatic N) is 4. The summed E-state index contributed by atoms with van der Waals surface area (Å²) in [7, 11) is 0. The van der Waals surface area contributed by atoms with E-state index in [1.807, 2.05) is 4.68 Å². The van der Waals surface area contributed by atoms with Crippen LogP contribution in [0.4, 0.5) is 5.69 Å². The molecule has 0 unspecified atom stereocenters. The molecule has 1 saturated carbocycles. The van der Waals surface area contributed by atoms with Gasteiger partial charge in [0.25, 0.3) is 0 Å². The summed E-state index contributed by atoms with van der Waals surface area (Å²) in [6.07, 6.45) is 4.59. The highest BCUT2D eigenvalue weighted by atomic mass is 35.5. The number of benzene rings is 1. The Bertz CT molecular complexity index is 604. The first-order valence-corrected chi connectivity index (χ1v) is 6.95. The average Bonchev–Trinajstić information content (AvgIpc) is 3.02. The van der Waals surface area contributed by atoms with Crippen molar-refractivity contribution in [1.82, 2.24) is 20.2 Å². The van der Waals surface area contributed by atoms with E-state index in [0.717, 1.165) is 12.8 Å². The third kappa shape index (κ3) is 2.28. The zero-order chi connectivity index (χ0) is 13.4. The summed E-state index contributed by atoms with van der Waals surface area (Å²) in [5, 5.41) is 12.8. The predicted molar refractivity (Wildman–Crippen MR) is 75.2 cm³/mol. The lowest BCUT2D eigenvalue weighted by Gasteiger charge is -2.13. The second kappa shape index (κ2) is 4.98. The Morgan fingerprint density at radius 3 is 2.68 bits per heavy atom. The number of aromatic nitrogens is 4. The van der Waals surface area contributed by atoms with Gasteiger partial charge in [0.15, 0.2) is 5.82 Å². The van der Waals surface area contributed by atoms with Gasteiger partial charge in [0.1, 0.15) is 0 Å². The van der Waals surface area contributed by atoms with Crippen LogP contribution in [0.15, 0.2) is 12.1 Å². The number of halogens is 2. The van der Waals surface area contributed by atoms with E-state index < -0.39 is 0 Å². The van der Waals surface area contributed by atoms with Gasteiger partial charge in [-0.3, -0.25) is 0 Å². The second-order valence-corrected chi connectivity index (χ2v) is 5.53. The van der Waals surface area contributed by atoms with Gasteiger partial charge in [-0.25, -0.2) is 4.68 Å². The van der Waals surface area contributed by atoms with Gasteiger partial charge in [-0.05, 0) is 35.4 Å². The highest BCUT2D eigenvalue weighted by Crippen LogP contribution is 2.37. The standard InChI is InChI=1S/C12H13Cl2N5/c13-10-6-7(15)5-9(11(10)14)12-16-17-18-19(12)8-3-1-2-4-8/h5-6,8H,1-4,15H2. The summed E-state index contributed by atoms with van der Waals surface area (Å²) in [5.41, 5.74) is 7.05. The molecule has 7 heteroatoms. The van der Waals surface area contributed by atoms with Crippen LogP contribution in [0.5, 0.6) is 0 Å². The number of rotatable bonds is 2. The Kier molecular flexibility index (Phi) is 3.33. The molecule has 1 aromatic heterocycles. The maximum atomic E-state index is 6.24. The molecule has 0 saturated heterocycles. The van der Waals surface area contributed by atoms with Crippen molar-refractivity contribution in [3.05, 3.63) is 22.2 Å². The van der Waals surface area contributed by atoms with Crippen molar-refractivity contribution in [3.8, 4) is 11.4 Å². The predicted octanol–water partition coefficient (Wildman–Crippen LogP) is 3.34. The number of nitrogens with two attached hydrogens (primary N) is 1. The van der Waals surface area contributed by atoms with Crippen molar-refractivity contribution in [2.75, 3.05) is 5.73 Å². The van der Waals surface area contributed by atoms with Crippen LogP contribution < -0.4 is 5.73 Å². The monoisotopic (exact) mass is 297 g/mol. The Hall–Kier alpha value is -1.33. The molecule has 0 bridgehead atoms. The van der Waals surface area contributed by atoms with Gasteiger partial charge in [0.2, 0.25) is 0 Å². The minimum atomic E-state index is 0.335. The Morgan fingerprint density at radius 2 is 1.95 bits per heavy atom. The Labute approximate surface area is 120 Å². The van der Waals surface area contributed by atoms with Crippen molar-refractivity contribution < 1.29 is 0 Å². The number of nitrogen functional groups attached to an aromatic ring is 1. The fourth-order valence-electron chi connectivity index (χ4n) is 2.54. The van der Waals surface area contributed by atoms with Crippen molar-refractivity contribution in [1.29, 1.82) is 0 Å². The largest absolute Gasteiger partial charge is 0.399 e. The number of anilines is 1. The van der Waals surface area contributed by atoms with Gasteiger partial charge in [0, 0.05) is 11.3 Å². The SMILES string of the molecule is Nc1cc(Cl)c(Cl)c(-c2nnnn2C2CCCC2)c1. The van der Waals surface area contributed by atoms with Gasteiger partial charge in [-0.2, -0.15) is 0 Å². The van der Waals surface area contributed by atoms with Crippen molar-refractivity contribution in [2.24, 2.45) is 0 Å². The lowest BCUT2D eigenvalue weighted by atomic mass is 10.1. The molecule has 1 fully saturated rings. The van der Waals surface area contributed by atoms with Crippen molar-refractivity contribution in [2.45, 2.75) is 31.7 Å². The molecule has 100 valence electrons. The van der Waals surface area contributed by atoms with Crippen LogP contribution >= 0.6 is 23.2 Å². The highest BCUT2D eigenvalue weighted by molar-refractivity contribution is 6.43. The molecule has 19 heavy (non-hydrogen) atoms. The molecule has 0 radical (unpaired) electrons. The molecule has 2 N–H and O–H groups in total. The smallest absolute Gasteiger partial charge is 0.183 e. The fourth-order valence-corrected chi connectivity index (χ4v) is 2.96. The first-order valence-electron chi connectivity index (χ1n) is 6.19. The van der Waals surface area contributed by atoms with Crippen LogP contribution in [0.1, 0.15) is 31.7 Å². The molecular formula is C12H13Cl2N5. The normalized spacial score (nSPS) is 16.1. The zero-order valence-electron chi connectivity index (χ0n) is 10.2. The summed E-state index contributed by atoms with van der Waals surface area (Å²) in [6, 6.07) is 3.71. The first-order chi connectivity index (χ1) is 9.16. The zero-order valence-corrected chi connectivity index (χ0v) is 11.7. The molecule has 0 spiro atoms. The Balaban J connectivity index is 2.10. The maximum Gasteiger partial charge on any atom is 0.183 e. The number of hydrogen-bond acceptors (Lipinski definition) is 4.